The SMILES string of the molecule is O=C(Oc1ccc([C@@H]2[C@@H]3C(=O)N(c4ccc(Br)cc4)C(=O)[C@H]3ON2c2ccccc2)cc1)c1ccccc1. The highest BCUT2D eigenvalue weighted by atomic mass is 79.9. The van der Waals surface area contributed by atoms with Crippen LogP contribution in [0.25, 0.3) is 0 Å². The summed E-state index contributed by atoms with van der Waals surface area (Å²) in [6.07, 6.45) is -0.966. The minimum atomic E-state index is -0.966. The molecule has 2 aliphatic heterocycles. The molecule has 38 heavy (non-hydrogen) atoms. The zero-order valence-corrected chi connectivity index (χ0v) is 21.5. The number of halogens is 1. The number of amides is 2. The third kappa shape index (κ3) is 4.27. The lowest BCUT2D eigenvalue weighted by atomic mass is 9.90. The Morgan fingerprint density at radius 3 is 2.03 bits per heavy atom. The first-order chi connectivity index (χ1) is 18.5. The number of imide groups is 1. The molecule has 0 spiro atoms. The Labute approximate surface area is 227 Å². The van der Waals surface area contributed by atoms with E-state index in [1.165, 1.54) is 4.90 Å². The van der Waals surface area contributed by atoms with Gasteiger partial charge < -0.3 is 4.74 Å². The van der Waals surface area contributed by atoms with E-state index in [0.717, 1.165) is 15.7 Å². The van der Waals surface area contributed by atoms with Gasteiger partial charge in [0.25, 0.3) is 5.91 Å². The van der Waals surface area contributed by atoms with E-state index in [9.17, 15) is 14.4 Å². The number of anilines is 2. The molecular weight excluding hydrogens is 548 g/mol. The summed E-state index contributed by atoms with van der Waals surface area (Å²) in [6, 6.07) is 31.5. The van der Waals surface area contributed by atoms with E-state index in [-0.39, 0.29) is 5.91 Å². The maximum absolute atomic E-state index is 13.7. The summed E-state index contributed by atoms with van der Waals surface area (Å²) in [6.45, 7) is 0. The van der Waals surface area contributed by atoms with E-state index in [1.807, 2.05) is 36.4 Å². The highest BCUT2D eigenvalue weighted by Crippen LogP contribution is 2.47. The molecule has 0 saturated carbocycles. The average Bonchev–Trinajstić information content (AvgIpc) is 3.46. The number of ether oxygens (including phenoxy) is 1. The molecule has 3 atom stereocenters. The second-order valence-electron chi connectivity index (χ2n) is 8.97. The summed E-state index contributed by atoms with van der Waals surface area (Å²) in [5.74, 6) is -1.58. The van der Waals surface area contributed by atoms with Gasteiger partial charge in [0, 0.05) is 4.47 Å². The number of hydroxylamine groups is 1. The van der Waals surface area contributed by atoms with Crippen LogP contribution < -0.4 is 14.7 Å². The van der Waals surface area contributed by atoms with Gasteiger partial charge in [-0.1, -0.05) is 64.5 Å². The molecule has 2 aliphatic rings. The lowest BCUT2D eigenvalue weighted by molar-refractivity contribution is -0.126. The monoisotopic (exact) mass is 568 g/mol. The summed E-state index contributed by atoms with van der Waals surface area (Å²) in [7, 11) is 0. The molecule has 2 heterocycles. The fraction of sp³-hybridized carbons (Fsp3) is 0.100. The van der Waals surface area contributed by atoms with Crippen LogP contribution in [-0.4, -0.2) is 23.9 Å². The zero-order chi connectivity index (χ0) is 26.2. The molecule has 2 fully saturated rings. The molecule has 4 aromatic carbocycles. The van der Waals surface area contributed by atoms with Gasteiger partial charge in [-0.15, -0.1) is 0 Å². The number of nitrogens with zero attached hydrogens (tertiary/aromatic N) is 2. The zero-order valence-electron chi connectivity index (χ0n) is 19.9. The van der Waals surface area contributed by atoms with E-state index in [1.54, 1.807) is 77.9 Å². The Morgan fingerprint density at radius 1 is 0.737 bits per heavy atom. The Morgan fingerprint density at radius 2 is 1.37 bits per heavy atom. The molecule has 0 N–H and O–H groups in total. The summed E-state index contributed by atoms with van der Waals surface area (Å²) >= 11 is 3.39. The Kier molecular flexibility index (Phi) is 6.27. The van der Waals surface area contributed by atoms with Crippen molar-refractivity contribution in [3.63, 3.8) is 0 Å². The minimum Gasteiger partial charge on any atom is -0.423 e. The number of para-hydroxylation sites is 1. The Balaban J connectivity index is 1.32. The minimum absolute atomic E-state index is 0.328. The van der Waals surface area contributed by atoms with Gasteiger partial charge in [0.1, 0.15) is 11.7 Å². The van der Waals surface area contributed by atoms with Crippen LogP contribution >= 0.6 is 15.9 Å². The first-order valence-corrected chi connectivity index (χ1v) is 12.8. The van der Waals surface area contributed by atoms with Gasteiger partial charge in [-0.2, -0.15) is 0 Å². The molecule has 2 amide bonds. The van der Waals surface area contributed by atoms with Crippen molar-refractivity contribution in [3.05, 3.63) is 125 Å². The number of rotatable bonds is 5. The molecule has 188 valence electrons. The van der Waals surface area contributed by atoms with Gasteiger partial charge >= 0.3 is 5.97 Å². The van der Waals surface area contributed by atoms with Crippen molar-refractivity contribution in [1.29, 1.82) is 0 Å². The van der Waals surface area contributed by atoms with Crippen LogP contribution in [0, 0.1) is 5.92 Å². The number of hydrogen-bond donors (Lipinski definition) is 0. The van der Waals surface area contributed by atoms with Crippen LogP contribution in [0.4, 0.5) is 11.4 Å². The normalized spacial score (nSPS) is 20.5. The van der Waals surface area contributed by atoms with Gasteiger partial charge in [-0.3, -0.25) is 14.4 Å². The molecule has 8 heteroatoms. The van der Waals surface area contributed by atoms with Gasteiger partial charge in [-0.25, -0.2) is 14.8 Å². The highest BCUT2D eigenvalue weighted by molar-refractivity contribution is 9.10. The van der Waals surface area contributed by atoms with Crippen molar-refractivity contribution in [2.24, 2.45) is 5.92 Å². The van der Waals surface area contributed by atoms with Crippen molar-refractivity contribution < 1.29 is 24.0 Å². The fourth-order valence-corrected chi connectivity index (χ4v) is 5.13. The van der Waals surface area contributed by atoms with E-state index in [0.29, 0.717) is 17.0 Å². The van der Waals surface area contributed by atoms with Gasteiger partial charge in [0.05, 0.1) is 23.0 Å². The Hall–Kier alpha value is -4.27. The highest BCUT2D eigenvalue weighted by Gasteiger charge is 2.60. The Bertz CT molecular complexity index is 1490. The molecule has 0 unspecified atom stereocenters. The van der Waals surface area contributed by atoms with Gasteiger partial charge in [-0.05, 0) is 66.2 Å². The quantitative estimate of drug-likeness (QED) is 0.174. The molecule has 7 nitrogen and oxygen atoms in total. The molecule has 0 radical (unpaired) electrons. The van der Waals surface area contributed by atoms with Crippen molar-refractivity contribution >= 4 is 45.1 Å². The lowest BCUT2D eigenvalue weighted by Crippen LogP contribution is -2.37. The number of fused-ring (bicyclic) bond motifs is 1. The van der Waals surface area contributed by atoms with Gasteiger partial charge in [0.15, 0.2) is 6.10 Å². The molecule has 2 saturated heterocycles. The first-order valence-electron chi connectivity index (χ1n) is 12.0. The van der Waals surface area contributed by atoms with Crippen molar-refractivity contribution in [3.8, 4) is 5.75 Å². The van der Waals surface area contributed by atoms with Crippen LogP contribution in [-0.2, 0) is 14.4 Å². The smallest absolute Gasteiger partial charge is 0.343 e. The number of hydrogen-bond acceptors (Lipinski definition) is 6. The third-order valence-corrected chi connectivity index (χ3v) is 7.18. The summed E-state index contributed by atoms with van der Waals surface area (Å²) < 4.78 is 6.37. The van der Waals surface area contributed by atoms with Crippen LogP contribution in [0.3, 0.4) is 0 Å². The van der Waals surface area contributed by atoms with E-state index >= 15 is 0 Å². The second kappa shape index (κ2) is 9.89. The summed E-state index contributed by atoms with van der Waals surface area (Å²) in [4.78, 5) is 47.0. The van der Waals surface area contributed by atoms with Crippen LogP contribution in [0.2, 0.25) is 0 Å². The maximum atomic E-state index is 13.7. The molecule has 6 rings (SSSR count). The predicted octanol–water partition coefficient (Wildman–Crippen LogP) is 5.72. The standard InChI is InChI=1S/C30H21BrN2O5/c31-21-13-15-22(16-14-21)32-28(34)25-26(33(38-27(25)29(32)35)23-9-5-2-6-10-23)19-11-17-24(18-12-19)37-30(36)20-7-3-1-4-8-20/h1-18,25-27H/t25-,26+,27-/m0/s1. The number of esters is 1. The summed E-state index contributed by atoms with van der Waals surface area (Å²) in [5.41, 5.74) is 2.42. The maximum Gasteiger partial charge on any atom is 0.343 e. The third-order valence-electron chi connectivity index (χ3n) is 6.65. The molecule has 0 aromatic heterocycles. The number of carbonyl (C=O) groups excluding carboxylic acids is 3. The molecular formula is C30H21BrN2O5. The predicted molar refractivity (Wildman–Crippen MR) is 145 cm³/mol. The number of benzene rings is 4. The lowest BCUT2D eigenvalue weighted by Gasteiger charge is -2.28. The van der Waals surface area contributed by atoms with Crippen molar-refractivity contribution in [1.82, 2.24) is 0 Å². The van der Waals surface area contributed by atoms with E-state index < -0.39 is 29.9 Å². The topological polar surface area (TPSA) is 76.2 Å². The van der Waals surface area contributed by atoms with Crippen LogP contribution in [0.15, 0.2) is 114 Å². The largest absolute Gasteiger partial charge is 0.423 e. The summed E-state index contributed by atoms with van der Waals surface area (Å²) in [5, 5.41) is 1.63. The van der Waals surface area contributed by atoms with Crippen molar-refractivity contribution in [2.45, 2.75) is 12.1 Å². The fourth-order valence-electron chi connectivity index (χ4n) is 4.87. The molecule has 0 bridgehead atoms. The first kappa shape index (κ1) is 24.1. The average molecular weight is 569 g/mol. The van der Waals surface area contributed by atoms with Crippen LogP contribution in [0.5, 0.6) is 5.75 Å². The van der Waals surface area contributed by atoms with E-state index in [4.69, 9.17) is 9.57 Å². The van der Waals surface area contributed by atoms with Gasteiger partial charge in [0.2, 0.25) is 5.91 Å². The van der Waals surface area contributed by atoms with Crippen LogP contribution in [0.1, 0.15) is 22.0 Å². The molecule has 4 aromatic rings. The van der Waals surface area contributed by atoms with Crippen molar-refractivity contribution in [2.75, 3.05) is 9.96 Å². The number of carbonyl (C=O) groups is 3. The second-order valence-corrected chi connectivity index (χ2v) is 9.89. The molecule has 0 aliphatic carbocycles. The van der Waals surface area contributed by atoms with E-state index in [2.05, 4.69) is 15.9 Å².